The zero-order chi connectivity index (χ0) is 18.1. The zero-order valence-corrected chi connectivity index (χ0v) is 14.0. The maximum atomic E-state index is 13.0. The number of likely N-dealkylation sites (tertiary alicyclic amines) is 1. The number of aliphatic carboxylic acids is 1. The number of carbonyl (C=O) groups excluding carboxylic acids is 1. The molecule has 2 aliphatic rings. The average Bonchev–Trinajstić information content (AvgIpc) is 2.94. The summed E-state index contributed by atoms with van der Waals surface area (Å²) in [4.78, 5) is 24.8. The van der Waals surface area contributed by atoms with E-state index < -0.39 is 36.6 Å². The van der Waals surface area contributed by atoms with Crippen LogP contribution in [0.15, 0.2) is 0 Å². The van der Waals surface area contributed by atoms with Crippen LogP contribution in [0.3, 0.4) is 0 Å². The third kappa shape index (κ3) is 4.40. The van der Waals surface area contributed by atoms with Crippen molar-refractivity contribution in [3.8, 4) is 0 Å². The number of nitrogens with one attached hydrogen (secondary N) is 1. The Hall–Kier alpha value is -1.31. The van der Waals surface area contributed by atoms with Crippen LogP contribution in [0.1, 0.15) is 39.5 Å². The highest BCUT2D eigenvalue weighted by Crippen LogP contribution is 2.38. The van der Waals surface area contributed by atoms with Crippen molar-refractivity contribution in [2.75, 3.05) is 13.1 Å². The fourth-order valence-corrected chi connectivity index (χ4v) is 3.62. The fourth-order valence-electron chi connectivity index (χ4n) is 3.62. The molecule has 0 bridgehead atoms. The largest absolute Gasteiger partial charge is 0.481 e. The van der Waals surface area contributed by atoms with Gasteiger partial charge in [-0.25, -0.2) is 0 Å². The third-order valence-corrected chi connectivity index (χ3v) is 5.38. The Morgan fingerprint density at radius 3 is 2.21 bits per heavy atom. The number of carboxylic acids is 1. The second kappa shape index (κ2) is 7.29. The maximum absolute atomic E-state index is 13.0. The molecule has 2 N–H and O–H groups in total. The first kappa shape index (κ1) is 19.0. The molecule has 1 aliphatic heterocycles. The number of rotatable bonds is 4. The number of alkyl halides is 3. The van der Waals surface area contributed by atoms with E-state index in [0.717, 1.165) is 25.7 Å². The Labute approximate surface area is 139 Å². The molecular formula is C16H25F3N2O3. The number of hydrogen-bond donors (Lipinski definition) is 2. The lowest BCUT2D eigenvalue weighted by Gasteiger charge is -2.30. The van der Waals surface area contributed by atoms with Gasteiger partial charge in [-0.05, 0) is 38.5 Å². The van der Waals surface area contributed by atoms with Gasteiger partial charge >= 0.3 is 12.1 Å². The van der Waals surface area contributed by atoms with E-state index in [1.807, 2.05) is 0 Å². The van der Waals surface area contributed by atoms with Crippen molar-refractivity contribution in [1.29, 1.82) is 0 Å². The van der Waals surface area contributed by atoms with Crippen molar-refractivity contribution in [2.24, 2.45) is 17.8 Å². The van der Waals surface area contributed by atoms with Gasteiger partial charge in [-0.1, -0.05) is 6.92 Å². The molecule has 3 atom stereocenters. The summed E-state index contributed by atoms with van der Waals surface area (Å²) in [6, 6.07) is -0.703. The summed E-state index contributed by atoms with van der Waals surface area (Å²) in [5, 5.41) is 11.9. The van der Waals surface area contributed by atoms with E-state index in [-0.39, 0.29) is 18.5 Å². The van der Waals surface area contributed by atoms with Crippen molar-refractivity contribution < 1.29 is 27.9 Å². The first-order chi connectivity index (χ1) is 11.1. The monoisotopic (exact) mass is 350 g/mol. The number of halogens is 3. The van der Waals surface area contributed by atoms with Crippen LogP contribution >= 0.6 is 0 Å². The van der Waals surface area contributed by atoms with E-state index in [4.69, 9.17) is 5.11 Å². The van der Waals surface area contributed by atoms with Gasteiger partial charge in [0.1, 0.15) is 0 Å². The Morgan fingerprint density at radius 2 is 1.75 bits per heavy atom. The fraction of sp³-hybridized carbons (Fsp3) is 0.875. The summed E-state index contributed by atoms with van der Waals surface area (Å²) in [7, 11) is 0. The molecule has 0 spiro atoms. The molecule has 1 unspecified atom stereocenters. The normalized spacial score (nSPS) is 33.2. The van der Waals surface area contributed by atoms with Crippen LogP contribution in [-0.2, 0) is 9.59 Å². The summed E-state index contributed by atoms with van der Waals surface area (Å²) >= 11 is 0. The summed E-state index contributed by atoms with van der Waals surface area (Å²) < 4.78 is 39.1. The highest BCUT2D eigenvalue weighted by molar-refractivity contribution is 5.82. The zero-order valence-electron chi connectivity index (χ0n) is 14.0. The van der Waals surface area contributed by atoms with Crippen LogP contribution < -0.4 is 5.32 Å². The van der Waals surface area contributed by atoms with Crippen LogP contribution in [0.5, 0.6) is 0 Å². The van der Waals surface area contributed by atoms with E-state index in [1.54, 1.807) is 6.92 Å². The van der Waals surface area contributed by atoms with E-state index in [2.05, 4.69) is 12.2 Å². The predicted molar refractivity (Wildman–Crippen MR) is 81.3 cm³/mol. The number of carboxylic acid groups (broad SMARTS) is 1. The molecule has 138 valence electrons. The van der Waals surface area contributed by atoms with Crippen LogP contribution in [0.4, 0.5) is 13.2 Å². The SMILES string of the molecule is CC1CCC(NC(=O)C(C)N2C[C@@H](C(F)(F)F)[C@H](C(=O)O)C2)CC1. The minimum Gasteiger partial charge on any atom is -0.481 e. The van der Waals surface area contributed by atoms with Gasteiger partial charge in [-0.15, -0.1) is 0 Å². The van der Waals surface area contributed by atoms with Gasteiger partial charge < -0.3 is 10.4 Å². The summed E-state index contributed by atoms with van der Waals surface area (Å²) in [5.74, 6) is -4.59. The molecule has 1 aliphatic carbocycles. The predicted octanol–water partition coefficient (Wildman–Crippen LogP) is 2.26. The third-order valence-electron chi connectivity index (χ3n) is 5.38. The van der Waals surface area contributed by atoms with Gasteiger partial charge in [0, 0.05) is 19.1 Å². The maximum Gasteiger partial charge on any atom is 0.393 e. The summed E-state index contributed by atoms with van der Waals surface area (Å²) in [6.07, 6.45) is -0.765. The lowest BCUT2D eigenvalue weighted by molar-refractivity contribution is -0.188. The van der Waals surface area contributed by atoms with Crippen LogP contribution in [0.2, 0.25) is 0 Å². The van der Waals surface area contributed by atoms with Gasteiger partial charge in [0.05, 0.1) is 17.9 Å². The molecule has 8 heteroatoms. The number of amides is 1. The molecular weight excluding hydrogens is 325 g/mol. The molecule has 1 saturated heterocycles. The minimum atomic E-state index is -4.58. The second-order valence-electron chi connectivity index (χ2n) is 7.19. The molecule has 5 nitrogen and oxygen atoms in total. The highest BCUT2D eigenvalue weighted by atomic mass is 19.4. The quantitative estimate of drug-likeness (QED) is 0.816. The number of carbonyl (C=O) groups is 2. The van der Waals surface area contributed by atoms with Crippen molar-refractivity contribution in [2.45, 2.75) is 57.8 Å². The van der Waals surface area contributed by atoms with Gasteiger partial charge in [0.25, 0.3) is 0 Å². The molecule has 0 aromatic heterocycles. The number of nitrogens with zero attached hydrogens (tertiary/aromatic N) is 1. The van der Waals surface area contributed by atoms with Crippen LogP contribution in [-0.4, -0.2) is 53.2 Å². The Balaban J connectivity index is 1.95. The molecule has 0 aromatic carbocycles. The molecule has 0 radical (unpaired) electrons. The molecule has 1 heterocycles. The average molecular weight is 350 g/mol. The lowest BCUT2D eigenvalue weighted by Crippen LogP contribution is -2.48. The highest BCUT2D eigenvalue weighted by Gasteiger charge is 2.53. The summed E-state index contributed by atoms with van der Waals surface area (Å²) in [6.45, 7) is 3.00. The standard InChI is InChI=1S/C16H25F3N2O3/c1-9-3-5-11(6-4-9)20-14(22)10(2)21-7-12(15(23)24)13(8-21)16(17,18)19/h9-13H,3-8H2,1-2H3,(H,20,22)(H,23,24)/t9?,10?,11?,12-,13-/m1/s1. The Kier molecular flexibility index (Phi) is 5.78. The van der Waals surface area contributed by atoms with E-state index >= 15 is 0 Å². The topological polar surface area (TPSA) is 69.6 Å². The van der Waals surface area contributed by atoms with Gasteiger partial charge in [-0.3, -0.25) is 14.5 Å². The molecule has 2 fully saturated rings. The van der Waals surface area contributed by atoms with E-state index in [0.29, 0.717) is 5.92 Å². The molecule has 1 saturated carbocycles. The Morgan fingerprint density at radius 1 is 1.17 bits per heavy atom. The van der Waals surface area contributed by atoms with Crippen molar-refractivity contribution in [3.05, 3.63) is 0 Å². The summed E-state index contributed by atoms with van der Waals surface area (Å²) in [5.41, 5.74) is 0. The molecule has 1 amide bonds. The molecule has 2 rings (SSSR count). The van der Waals surface area contributed by atoms with Gasteiger partial charge in [0.15, 0.2) is 0 Å². The van der Waals surface area contributed by atoms with E-state index in [9.17, 15) is 22.8 Å². The smallest absolute Gasteiger partial charge is 0.393 e. The first-order valence-corrected chi connectivity index (χ1v) is 8.43. The van der Waals surface area contributed by atoms with Gasteiger partial charge in [-0.2, -0.15) is 13.2 Å². The van der Waals surface area contributed by atoms with E-state index in [1.165, 1.54) is 4.90 Å². The number of hydrogen-bond acceptors (Lipinski definition) is 3. The van der Waals surface area contributed by atoms with Crippen LogP contribution in [0.25, 0.3) is 0 Å². The van der Waals surface area contributed by atoms with Crippen molar-refractivity contribution in [3.63, 3.8) is 0 Å². The first-order valence-electron chi connectivity index (χ1n) is 8.43. The molecule has 24 heavy (non-hydrogen) atoms. The van der Waals surface area contributed by atoms with Gasteiger partial charge in [0.2, 0.25) is 5.91 Å². The van der Waals surface area contributed by atoms with Crippen LogP contribution in [0, 0.1) is 17.8 Å². The lowest BCUT2D eigenvalue weighted by atomic mass is 9.87. The molecule has 0 aromatic rings. The minimum absolute atomic E-state index is 0.0624. The van der Waals surface area contributed by atoms with Crippen molar-refractivity contribution >= 4 is 11.9 Å². The second-order valence-corrected chi connectivity index (χ2v) is 7.19. The van der Waals surface area contributed by atoms with Crippen molar-refractivity contribution in [1.82, 2.24) is 10.2 Å². The Bertz CT molecular complexity index is 476.